The van der Waals surface area contributed by atoms with Gasteiger partial charge in [-0.3, -0.25) is 4.40 Å². The van der Waals surface area contributed by atoms with Gasteiger partial charge in [-0.2, -0.15) is 0 Å². The zero-order valence-corrected chi connectivity index (χ0v) is 8.63. The lowest BCUT2D eigenvalue weighted by Crippen LogP contribution is -2.02. The molecule has 80 valence electrons. The Labute approximate surface area is 92.5 Å². The molecule has 0 amide bonds. The van der Waals surface area contributed by atoms with Crippen molar-refractivity contribution in [2.45, 2.75) is 6.54 Å². The summed E-state index contributed by atoms with van der Waals surface area (Å²) in [5, 5.41) is 3.31. The molecule has 1 N–H and O–H groups in total. The van der Waals surface area contributed by atoms with Gasteiger partial charge in [0.05, 0.1) is 12.8 Å². The van der Waals surface area contributed by atoms with Crippen LogP contribution in [0.4, 0.5) is 5.82 Å². The van der Waals surface area contributed by atoms with Gasteiger partial charge in [0.2, 0.25) is 0 Å². The van der Waals surface area contributed by atoms with E-state index >= 15 is 0 Å². The van der Waals surface area contributed by atoms with Gasteiger partial charge in [0, 0.05) is 12.4 Å². The number of nitrogens with one attached hydrogen (secondary N) is 1. The maximum Gasteiger partial charge on any atom is 0.138 e. The Morgan fingerprint density at radius 1 is 1.25 bits per heavy atom. The van der Waals surface area contributed by atoms with Crippen LogP contribution in [0.1, 0.15) is 5.76 Å². The van der Waals surface area contributed by atoms with E-state index in [1.165, 1.54) is 0 Å². The van der Waals surface area contributed by atoms with Crippen molar-refractivity contribution >= 4 is 11.5 Å². The predicted molar refractivity (Wildman–Crippen MR) is 61.2 cm³/mol. The first-order valence-electron chi connectivity index (χ1n) is 5.12. The Hall–Kier alpha value is -2.23. The minimum Gasteiger partial charge on any atom is -0.467 e. The van der Waals surface area contributed by atoms with E-state index in [0.29, 0.717) is 6.54 Å². The van der Waals surface area contributed by atoms with Crippen molar-refractivity contribution in [3.63, 3.8) is 0 Å². The average molecular weight is 213 g/mol. The maximum absolute atomic E-state index is 5.26. The summed E-state index contributed by atoms with van der Waals surface area (Å²) in [6.45, 7) is 0.671. The summed E-state index contributed by atoms with van der Waals surface area (Å²) in [6.07, 6.45) is 5.39. The Balaban J connectivity index is 1.86. The van der Waals surface area contributed by atoms with E-state index in [1.807, 2.05) is 40.9 Å². The van der Waals surface area contributed by atoms with E-state index in [1.54, 1.807) is 12.5 Å². The molecule has 0 fully saturated rings. The Morgan fingerprint density at radius 2 is 2.25 bits per heavy atom. The van der Waals surface area contributed by atoms with Crippen LogP contribution < -0.4 is 5.32 Å². The van der Waals surface area contributed by atoms with Crippen molar-refractivity contribution in [1.82, 2.24) is 9.38 Å². The highest BCUT2D eigenvalue weighted by atomic mass is 16.3. The molecule has 0 saturated carbocycles. The highest BCUT2D eigenvalue weighted by molar-refractivity contribution is 5.49. The quantitative estimate of drug-likeness (QED) is 0.727. The first-order chi connectivity index (χ1) is 7.93. The van der Waals surface area contributed by atoms with E-state index in [0.717, 1.165) is 17.2 Å². The van der Waals surface area contributed by atoms with Gasteiger partial charge in [0.15, 0.2) is 0 Å². The third kappa shape index (κ3) is 1.54. The number of nitrogens with zero attached hydrogens (tertiary/aromatic N) is 2. The largest absolute Gasteiger partial charge is 0.467 e. The summed E-state index contributed by atoms with van der Waals surface area (Å²) in [4.78, 5) is 4.22. The van der Waals surface area contributed by atoms with Gasteiger partial charge >= 0.3 is 0 Å². The molecule has 4 heteroatoms. The van der Waals surface area contributed by atoms with Crippen LogP contribution in [0.25, 0.3) is 5.65 Å². The van der Waals surface area contributed by atoms with Gasteiger partial charge in [-0.25, -0.2) is 4.98 Å². The minimum absolute atomic E-state index is 0.671. The molecule has 0 spiro atoms. The SMILES string of the molecule is c1coc(CNc2cccc3nccn23)c1. The molecule has 0 aliphatic heterocycles. The van der Waals surface area contributed by atoms with E-state index in [-0.39, 0.29) is 0 Å². The van der Waals surface area contributed by atoms with Crippen LogP contribution in [0, 0.1) is 0 Å². The molecule has 0 aromatic carbocycles. The second kappa shape index (κ2) is 3.73. The first kappa shape index (κ1) is 9.03. The van der Waals surface area contributed by atoms with E-state index in [4.69, 9.17) is 4.42 Å². The number of hydrogen-bond acceptors (Lipinski definition) is 3. The third-order valence-corrected chi connectivity index (χ3v) is 2.45. The average Bonchev–Trinajstić information content (AvgIpc) is 2.97. The lowest BCUT2D eigenvalue weighted by atomic mass is 10.4. The van der Waals surface area contributed by atoms with Gasteiger partial charge in [0.1, 0.15) is 17.2 Å². The Kier molecular flexibility index (Phi) is 2.11. The van der Waals surface area contributed by atoms with Crippen LogP contribution in [-0.2, 0) is 6.54 Å². The van der Waals surface area contributed by atoms with Gasteiger partial charge in [0.25, 0.3) is 0 Å². The summed E-state index contributed by atoms with van der Waals surface area (Å²) < 4.78 is 7.26. The number of pyridine rings is 1. The lowest BCUT2D eigenvalue weighted by Gasteiger charge is -2.06. The van der Waals surface area contributed by atoms with Crippen molar-refractivity contribution in [1.29, 1.82) is 0 Å². The molecule has 0 saturated heterocycles. The molecule has 0 aliphatic rings. The molecule has 3 aromatic heterocycles. The van der Waals surface area contributed by atoms with E-state index in [9.17, 15) is 0 Å². The molecule has 0 unspecified atom stereocenters. The highest BCUT2D eigenvalue weighted by Crippen LogP contribution is 2.12. The summed E-state index contributed by atoms with van der Waals surface area (Å²) in [7, 11) is 0. The Bertz CT molecular complexity index is 583. The lowest BCUT2D eigenvalue weighted by molar-refractivity contribution is 0.517. The number of anilines is 1. The smallest absolute Gasteiger partial charge is 0.138 e. The van der Waals surface area contributed by atoms with Crippen LogP contribution in [0.15, 0.2) is 53.4 Å². The van der Waals surface area contributed by atoms with Crippen molar-refractivity contribution in [3.05, 3.63) is 54.7 Å². The van der Waals surface area contributed by atoms with E-state index in [2.05, 4.69) is 10.3 Å². The Morgan fingerprint density at radius 3 is 3.12 bits per heavy atom. The predicted octanol–water partition coefficient (Wildman–Crippen LogP) is 2.54. The molecule has 0 radical (unpaired) electrons. The van der Waals surface area contributed by atoms with Gasteiger partial charge in [-0.1, -0.05) is 6.07 Å². The molecule has 3 rings (SSSR count). The fourth-order valence-corrected chi connectivity index (χ4v) is 1.68. The zero-order chi connectivity index (χ0) is 10.8. The summed E-state index contributed by atoms with van der Waals surface area (Å²) in [6, 6.07) is 9.79. The molecule has 3 heterocycles. The summed E-state index contributed by atoms with van der Waals surface area (Å²) in [5.74, 6) is 1.92. The zero-order valence-electron chi connectivity index (χ0n) is 8.63. The van der Waals surface area contributed by atoms with Crippen molar-refractivity contribution in [2.24, 2.45) is 0 Å². The van der Waals surface area contributed by atoms with Crippen molar-refractivity contribution < 1.29 is 4.42 Å². The number of furan rings is 1. The molecule has 0 bridgehead atoms. The molecule has 0 aliphatic carbocycles. The third-order valence-electron chi connectivity index (χ3n) is 2.45. The van der Waals surface area contributed by atoms with Gasteiger partial charge in [-0.15, -0.1) is 0 Å². The van der Waals surface area contributed by atoms with Crippen molar-refractivity contribution in [3.8, 4) is 0 Å². The number of imidazole rings is 1. The molecule has 0 atom stereocenters. The maximum atomic E-state index is 5.26. The van der Waals surface area contributed by atoms with Crippen LogP contribution in [-0.4, -0.2) is 9.38 Å². The van der Waals surface area contributed by atoms with Crippen LogP contribution in [0.2, 0.25) is 0 Å². The second-order valence-corrected chi connectivity index (χ2v) is 3.50. The fourth-order valence-electron chi connectivity index (χ4n) is 1.68. The summed E-state index contributed by atoms with van der Waals surface area (Å²) in [5.41, 5.74) is 0.935. The normalized spacial score (nSPS) is 10.8. The second-order valence-electron chi connectivity index (χ2n) is 3.50. The molecular formula is C12H11N3O. The topological polar surface area (TPSA) is 42.5 Å². The van der Waals surface area contributed by atoms with Gasteiger partial charge in [-0.05, 0) is 24.3 Å². The number of fused-ring (bicyclic) bond motifs is 1. The molecule has 16 heavy (non-hydrogen) atoms. The van der Waals surface area contributed by atoms with Gasteiger partial charge < -0.3 is 9.73 Å². The molecular weight excluding hydrogens is 202 g/mol. The highest BCUT2D eigenvalue weighted by Gasteiger charge is 2.00. The van der Waals surface area contributed by atoms with Crippen molar-refractivity contribution in [2.75, 3.05) is 5.32 Å². The summed E-state index contributed by atoms with van der Waals surface area (Å²) >= 11 is 0. The van der Waals surface area contributed by atoms with Crippen LogP contribution in [0.3, 0.4) is 0 Å². The first-order valence-corrected chi connectivity index (χ1v) is 5.12. The number of hydrogen-bond donors (Lipinski definition) is 1. The number of aromatic nitrogens is 2. The van der Waals surface area contributed by atoms with Crippen LogP contribution >= 0.6 is 0 Å². The molecule has 3 aromatic rings. The standard InChI is InChI=1S/C12H11N3O/c1-4-11-13-6-7-15(11)12(5-1)14-9-10-3-2-8-16-10/h1-8,14H,9H2. The van der Waals surface area contributed by atoms with Crippen LogP contribution in [0.5, 0.6) is 0 Å². The fraction of sp³-hybridized carbons (Fsp3) is 0.0833. The van der Waals surface area contributed by atoms with E-state index < -0.39 is 0 Å². The monoisotopic (exact) mass is 213 g/mol. The minimum atomic E-state index is 0.671. The number of rotatable bonds is 3. The molecule has 4 nitrogen and oxygen atoms in total.